The van der Waals surface area contributed by atoms with Crippen molar-refractivity contribution in [2.45, 2.75) is 193 Å². The summed E-state index contributed by atoms with van der Waals surface area (Å²) in [6.45, 7) is 0.766. The zero-order valence-corrected chi connectivity index (χ0v) is 57.0. The number of nitrogens with zero attached hydrogens (tertiary/aromatic N) is 8. The third kappa shape index (κ3) is 32.1. The summed E-state index contributed by atoms with van der Waals surface area (Å²) in [5.74, 6) is 5.14. The number of ketones is 1. The number of hydrogen-bond donors (Lipinski definition) is 5. The number of aliphatic hydroxyl groups is 1. The average Bonchev–Trinajstić information content (AvgIpc) is 1.97. The molecule has 21 heteroatoms. The molecule has 6 heterocycles. The number of carbonyl (C=O) groups is 3. The molecule has 1 amide bonds. The number of carbonyl (C=O) groups excluding carboxylic acids is 3. The highest BCUT2D eigenvalue weighted by Gasteiger charge is 2.23. The molecule has 1 atom stereocenters. The highest BCUT2D eigenvalue weighted by atomic mass is 35.5. The lowest BCUT2D eigenvalue weighted by molar-refractivity contribution is -0.168. The second-order valence-corrected chi connectivity index (χ2v) is 26.4. The Bertz CT molecular complexity index is 2930. The number of amides is 1. The number of aliphatic hydroxyl groups excluding tert-OH is 1. The van der Waals surface area contributed by atoms with Gasteiger partial charge in [0.05, 0.1) is 64.1 Å². The van der Waals surface area contributed by atoms with E-state index in [1.807, 2.05) is 89.6 Å². The van der Waals surface area contributed by atoms with E-state index in [0.717, 1.165) is 96.2 Å². The number of Topliss-reactive ketones (excluding diaryl/α,β-unsaturated/α-hetero) is 1. The van der Waals surface area contributed by atoms with Gasteiger partial charge in [-0.1, -0.05) is 133 Å². The molecule has 6 aromatic rings. The van der Waals surface area contributed by atoms with Crippen LogP contribution >= 0.6 is 35.6 Å². The van der Waals surface area contributed by atoms with E-state index in [1.54, 1.807) is 55.1 Å². The van der Waals surface area contributed by atoms with Gasteiger partial charge in [0.25, 0.3) is 0 Å². The summed E-state index contributed by atoms with van der Waals surface area (Å²) in [5, 5.41) is 24.9. The van der Waals surface area contributed by atoms with E-state index in [4.69, 9.17) is 44.8 Å². The van der Waals surface area contributed by atoms with Crippen molar-refractivity contribution >= 4 is 85.3 Å². The maximum Gasteiger partial charge on any atom is 0.224 e. The van der Waals surface area contributed by atoms with Crippen LogP contribution in [0.25, 0.3) is 5.69 Å². The molecule has 6 aliphatic rings. The topological polar surface area (TPSA) is 261 Å². The van der Waals surface area contributed by atoms with Gasteiger partial charge in [-0.2, -0.15) is 0 Å². The normalized spacial score (nSPS) is 17.4. The lowest BCUT2D eigenvalue weighted by Crippen LogP contribution is -2.27. The van der Waals surface area contributed by atoms with Crippen LogP contribution in [0.3, 0.4) is 0 Å². The molecule has 0 bridgehead atoms. The Morgan fingerprint density at radius 3 is 1.60 bits per heavy atom. The van der Waals surface area contributed by atoms with Crippen LogP contribution < -0.4 is 22.1 Å². The van der Waals surface area contributed by atoms with Crippen molar-refractivity contribution in [2.75, 3.05) is 42.4 Å². The minimum atomic E-state index is -0.186. The predicted octanol–water partition coefficient (Wildman–Crippen LogP) is 15.6. The van der Waals surface area contributed by atoms with Gasteiger partial charge in [0.2, 0.25) is 11.1 Å². The number of rotatable bonds is 19. The molecule has 7 N–H and O–H groups in total. The molecule has 504 valence electrons. The van der Waals surface area contributed by atoms with Gasteiger partial charge in [0, 0.05) is 62.8 Å². The molecule has 18 nitrogen and oxygen atoms in total. The third-order valence-electron chi connectivity index (χ3n) is 17.2. The van der Waals surface area contributed by atoms with Crippen LogP contribution in [0.1, 0.15) is 185 Å². The van der Waals surface area contributed by atoms with Crippen LogP contribution in [0.2, 0.25) is 0 Å². The van der Waals surface area contributed by atoms with Crippen LogP contribution in [0.15, 0.2) is 133 Å². The molecule has 5 aliphatic carbocycles. The van der Waals surface area contributed by atoms with E-state index in [2.05, 4.69) is 52.0 Å². The first kappa shape index (κ1) is 75.6. The van der Waals surface area contributed by atoms with Crippen molar-refractivity contribution in [1.82, 2.24) is 34.7 Å². The van der Waals surface area contributed by atoms with Gasteiger partial charge in [0.1, 0.15) is 19.0 Å². The van der Waals surface area contributed by atoms with Crippen LogP contribution in [-0.2, 0) is 36.9 Å². The van der Waals surface area contributed by atoms with Gasteiger partial charge in [-0.05, 0) is 159 Å². The Balaban J connectivity index is 0.000000175. The fourth-order valence-electron chi connectivity index (χ4n) is 12.3. The summed E-state index contributed by atoms with van der Waals surface area (Å²) in [4.78, 5) is 54.6. The van der Waals surface area contributed by atoms with Gasteiger partial charge in [-0.15, -0.1) is 22.0 Å². The maximum atomic E-state index is 11.6. The number of benzene rings is 1. The largest absolute Gasteiger partial charge is 0.399 e. The molecule has 0 radical (unpaired) electrons. The number of aliphatic imine (C=N–C) groups is 1. The maximum absolute atomic E-state index is 11.6. The van der Waals surface area contributed by atoms with E-state index in [9.17, 15) is 19.5 Å². The Morgan fingerprint density at radius 2 is 1.13 bits per heavy atom. The van der Waals surface area contributed by atoms with Crippen molar-refractivity contribution in [3.8, 4) is 5.69 Å². The third-order valence-corrected chi connectivity index (χ3v) is 18.3. The van der Waals surface area contributed by atoms with E-state index in [-0.39, 0.29) is 43.0 Å². The summed E-state index contributed by atoms with van der Waals surface area (Å²) >= 11 is 12.3. The molecule has 1 aromatic carbocycles. The highest BCUT2D eigenvalue weighted by molar-refractivity contribution is 8.13. The highest BCUT2D eigenvalue weighted by Crippen LogP contribution is 2.33. The van der Waals surface area contributed by atoms with Gasteiger partial charge in [-0.25, -0.2) is 4.99 Å². The molecular weight excluding hydrogens is 1230 g/mol. The second kappa shape index (κ2) is 45.9. The fourth-order valence-corrected chi connectivity index (χ4v) is 13.4. The van der Waals surface area contributed by atoms with E-state index in [0.29, 0.717) is 36.4 Å². The van der Waals surface area contributed by atoms with Crippen molar-refractivity contribution in [3.63, 3.8) is 0 Å². The molecule has 6 fully saturated rings. The zero-order chi connectivity index (χ0) is 65.9. The molecule has 1 aliphatic heterocycles. The first-order valence-corrected chi connectivity index (χ1v) is 35.8. The van der Waals surface area contributed by atoms with Crippen molar-refractivity contribution in [3.05, 3.63) is 140 Å². The summed E-state index contributed by atoms with van der Waals surface area (Å²) < 4.78 is 12.4. The van der Waals surface area contributed by atoms with Gasteiger partial charge in [0.15, 0.2) is 17.9 Å². The molecule has 93 heavy (non-hydrogen) atoms. The standard InChI is InChI=1S/C14H18N4O.C13H18N2S.C12H16N2O.C12H16N2S.C8H15NO3.C7H11ClO.C6H7N/c19-10-14-17-16-13(8-11-4-1-2-5-11)18(14)12-6-3-7-15-9-12;1-16-13(9-11-5-2-3-6-11)15-12-7-4-8-14-10-12;2*15-12(8-10-4-1-2-5-10)14-11-6-3-7-13-9-11;9-5-7(10)6-12-8-3-1-2-4-11-8;8-7(9)5-6-3-1-2-4-6;7-6-4-2-1-3-5-6/h3,6-7,9,11,19H,1-2,4-5,8,10H2;4,7-8,10-11H,2-3,5-6,9H2,1H3;2*3,6-7,9-10H,1-2,4-5,8H2,(H,14,15);8H,1-6,9H2;6H,1-5H2;1-5H,7H2. The van der Waals surface area contributed by atoms with Crippen molar-refractivity contribution in [2.24, 2.45) is 40.3 Å². The fraction of sp³-hybridized carbons (Fsp3) is 0.542. The summed E-state index contributed by atoms with van der Waals surface area (Å²) in [6.07, 6.45) is 49.6. The van der Waals surface area contributed by atoms with E-state index in [1.165, 1.54) is 133 Å². The predicted molar refractivity (Wildman–Crippen MR) is 381 cm³/mol. The van der Waals surface area contributed by atoms with Crippen LogP contribution in [-0.4, -0.2) is 99.1 Å². The number of anilines is 3. The minimum Gasteiger partial charge on any atom is -0.399 e. The number of thioether (sulfide) groups is 1. The quantitative estimate of drug-likeness (QED) is 0.0166. The number of hydrogen-bond acceptors (Lipinski definition) is 17. The number of aromatic nitrogens is 7. The SMILES string of the molecule is CSC(CC1CCCC1)=Nc1cccnc1.NCC(=O)COC1CCCCO1.Nc1ccccc1.O=C(CC1CCCC1)Nc1cccnc1.O=C(Cl)CC1CCCC1.OCc1nnc(CC2CCCC2)n1-c1cccnc1.S=C(CC1CCCC1)Nc1cccnc1. The second-order valence-electron chi connectivity index (χ2n) is 24.6. The monoisotopic (exact) mass is 1330 g/mol. The smallest absolute Gasteiger partial charge is 0.224 e. The number of ether oxygens (including phenoxy) is 2. The molecule has 1 unspecified atom stereocenters. The molecule has 1 saturated heterocycles. The lowest BCUT2D eigenvalue weighted by Gasteiger charge is -2.22. The lowest BCUT2D eigenvalue weighted by atomic mass is 10.0. The summed E-state index contributed by atoms with van der Waals surface area (Å²) in [6, 6.07) is 24.9. The van der Waals surface area contributed by atoms with Gasteiger partial charge in [-0.3, -0.25) is 38.9 Å². The average molecular weight is 1330 g/mol. The molecule has 12 rings (SSSR count). The summed E-state index contributed by atoms with van der Waals surface area (Å²) in [7, 11) is 0. The van der Waals surface area contributed by atoms with Gasteiger partial charge >= 0.3 is 0 Å². The Kier molecular flexibility index (Phi) is 37.3. The van der Waals surface area contributed by atoms with Crippen LogP contribution in [0.5, 0.6) is 0 Å². The Morgan fingerprint density at radius 1 is 0.624 bits per heavy atom. The first-order chi connectivity index (χ1) is 45.5. The Labute approximate surface area is 566 Å². The first-order valence-electron chi connectivity index (χ1n) is 33.8. The molecule has 5 aromatic heterocycles. The Hall–Kier alpha value is -6.39. The van der Waals surface area contributed by atoms with Gasteiger partial charge < -0.3 is 36.7 Å². The molecule has 0 spiro atoms. The number of thiocarbonyl (C=S) groups is 1. The van der Waals surface area contributed by atoms with Crippen LogP contribution in [0.4, 0.5) is 22.7 Å². The number of halogens is 1. The minimum absolute atomic E-state index is 0.0483. The van der Waals surface area contributed by atoms with E-state index >= 15 is 0 Å². The van der Waals surface area contributed by atoms with Crippen molar-refractivity contribution in [1.29, 1.82) is 0 Å². The van der Waals surface area contributed by atoms with Crippen LogP contribution in [0, 0.1) is 29.6 Å². The number of para-hydroxylation sites is 1. The van der Waals surface area contributed by atoms with E-state index < -0.39 is 0 Å². The molecule has 5 saturated carbocycles. The summed E-state index contributed by atoms with van der Waals surface area (Å²) in [5.41, 5.74) is 15.0. The number of nitrogens with two attached hydrogens (primary N) is 2. The number of nitrogens with one attached hydrogen (secondary N) is 2. The molecular formula is C72H101ClN12O6S2. The number of nitrogen functional groups attached to an aromatic ring is 1. The van der Waals surface area contributed by atoms with Crippen molar-refractivity contribution < 1.29 is 29.0 Å². The number of pyridine rings is 4. The zero-order valence-electron chi connectivity index (χ0n) is 54.6.